The molecule has 1 heterocycles. The van der Waals surface area contributed by atoms with Crippen LogP contribution in [0.3, 0.4) is 0 Å². The van der Waals surface area contributed by atoms with Crippen molar-refractivity contribution < 1.29 is 29.7 Å². The number of carbonyl (C=O) groups excluding carboxylic acids is 1. The van der Waals surface area contributed by atoms with Gasteiger partial charge in [0.2, 0.25) is 5.91 Å². The van der Waals surface area contributed by atoms with Crippen molar-refractivity contribution in [2.75, 3.05) is 6.54 Å². The first-order chi connectivity index (χ1) is 7.91. The van der Waals surface area contributed by atoms with Crippen molar-refractivity contribution in [3.8, 4) is 0 Å². The Bertz CT molecular complexity index is 329. The average Bonchev–Trinajstić information content (AvgIpc) is 2.51. The Morgan fingerprint density at radius 3 is 2.47 bits per heavy atom. The van der Waals surface area contributed by atoms with Crippen LogP contribution in [0.5, 0.6) is 0 Å². The molecule has 0 saturated carbocycles. The van der Waals surface area contributed by atoms with Crippen LogP contribution in [0.1, 0.15) is 25.7 Å². The Morgan fingerprint density at radius 2 is 2.06 bits per heavy atom. The molecule has 1 aliphatic heterocycles. The molecule has 0 spiro atoms. The number of aliphatic carboxylic acids is 2. The maximum Gasteiger partial charge on any atom is 0.326 e. The van der Waals surface area contributed by atoms with Crippen LogP contribution in [0, 0.1) is 0 Å². The lowest BCUT2D eigenvalue weighted by Crippen LogP contribution is -2.42. The van der Waals surface area contributed by atoms with Gasteiger partial charge in [-0.05, 0) is 12.8 Å². The third kappa shape index (κ3) is 3.70. The number of aliphatic hydroxyl groups is 1. The molecule has 0 radical (unpaired) electrons. The van der Waals surface area contributed by atoms with Gasteiger partial charge in [-0.2, -0.15) is 0 Å². The molecule has 2 atom stereocenters. The van der Waals surface area contributed by atoms with Gasteiger partial charge in [0.15, 0.2) is 0 Å². The number of carboxylic acids is 2. The number of hydrogen-bond donors (Lipinski definition) is 3. The van der Waals surface area contributed by atoms with E-state index in [0.29, 0.717) is 0 Å². The zero-order valence-electron chi connectivity index (χ0n) is 9.20. The van der Waals surface area contributed by atoms with Crippen LogP contribution in [0.4, 0.5) is 0 Å². The molecule has 7 nitrogen and oxygen atoms in total. The molecule has 96 valence electrons. The number of rotatable bonds is 6. The Kier molecular flexibility index (Phi) is 4.45. The fraction of sp³-hybridized carbons (Fsp3) is 0.700. The van der Waals surface area contributed by atoms with E-state index in [-0.39, 0.29) is 32.2 Å². The highest BCUT2D eigenvalue weighted by atomic mass is 16.4. The first-order valence-corrected chi connectivity index (χ1v) is 5.34. The van der Waals surface area contributed by atoms with Crippen molar-refractivity contribution in [3.63, 3.8) is 0 Å². The summed E-state index contributed by atoms with van der Waals surface area (Å²) >= 11 is 0. The number of nitrogens with zero attached hydrogens (tertiary/aromatic N) is 1. The minimum absolute atomic E-state index is 0.00285. The average molecular weight is 245 g/mol. The summed E-state index contributed by atoms with van der Waals surface area (Å²) in [5, 5.41) is 26.7. The number of carbonyl (C=O) groups is 3. The number of hydrogen-bond acceptors (Lipinski definition) is 4. The van der Waals surface area contributed by atoms with Gasteiger partial charge in [0.1, 0.15) is 6.04 Å². The molecule has 0 aromatic heterocycles. The quantitative estimate of drug-likeness (QED) is 0.569. The molecule has 7 heteroatoms. The molecule has 0 aliphatic carbocycles. The molecule has 1 fully saturated rings. The summed E-state index contributed by atoms with van der Waals surface area (Å²) in [7, 11) is 0. The number of aliphatic hydroxyl groups excluding tert-OH is 1. The second-order valence-electron chi connectivity index (χ2n) is 4.04. The molecule has 3 N–H and O–H groups in total. The Balaban J connectivity index is 2.57. The van der Waals surface area contributed by atoms with Crippen molar-refractivity contribution in [1.29, 1.82) is 0 Å². The van der Waals surface area contributed by atoms with E-state index in [1.165, 1.54) is 0 Å². The largest absolute Gasteiger partial charge is 0.481 e. The lowest BCUT2D eigenvalue weighted by atomic mass is 10.1. The van der Waals surface area contributed by atoms with E-state index in [1.54, 1.807) is 0 Å². The first kappa shape index (κ1) is 13.4. The molecule has 1 unspecified atom stereocenters. The molecule has 1 rings (SSSR count). The Labute approximate surface area is 97.6 Å². The fourth-order valence-corrected chi connectivity index (χ4v) is 1.87. The van der Waals surface area contributed by atoms with Crippen LogP contribution in [-0.4, -0.2) is 56.8 Å². The van der Waals surface area contributed by atoms with Gasteiger partial charge in [-0.25, -0.2) is 4.79 Å². The predicted octanol–water partition coefficient (Wildman–Crippen LogP) is -0.712. The number of amides is 1. The maximum absolute atomic E-state index is 11.4. The third-order valence-corrected chi connectivity index (χ3v) is 2.67. The van der Waals surface area contributed by atoms with Crippen LogP contribution >= 0.6 is 0 Å². The number of carboxylic acid groups (broad SMARTS) is 2. The molecule has 1 aliphatic rings. The summed E-state index contributed by atoms with van der Waals surface area (Å²) in [6.07, 6.45) is -0.757. The summed E-state index contributed by atoms with van der Waals surface area (Å²) < 4.78 is 0. The van der Waals surface area contributed by atoms with E-state index in [9.17, 15) is 19.5 Å². The zero-order chi connectivity index (χ0) is 13.0. The van der Waals surface area contributed by atoms with Crippen LogP contribution in [0.2, 0.25) is 0 Å². The van der Waals surface area contributed by atoms with Crippen molar-refractivity contribution in [3.05, 3.63) is 0 Å². The smallest absolute Gasteiger partial charge is 0.326 e. The summed E-state index contributed by atoms with van der Waals surface area (Å²) in [5.74, 6) is -2.57. The summed E-state index contributed by atoms with van der Waals surface area (Å²) in [4.78, 5) is 33.8. The molecule has 1 saturated heterocycles. The van der Waals surface area contributed by atoms with E-state index in [0.717, 1.165) is 4.90 Å². The molecule has 17 heavy (non-hydrogen) atoms. The molecule has 0 aromatic rings. The summed E-state index contributed by atoms with van der Waals surface area (Å²) in [6.45, 7) is 0.00285. The number of β-amino-alcohol motifs (C(OH)–C–C–N with tert-alkyl or cyclic N) is 1. The van der Waals surface area contributed by atoms with E-state index in [4.69, 9.17) is 10.2 Å². The van der Waals surface area contributed by atoms with Crippen LogP contribution in [0.25, 0.3) is 0 Å². The number of likely N-dealkylation sites (tertiary alicyclic amines) is 1. The highest BCUT2D eigenvalue weighted by Gasteiger charge is 2.36. The monoisotopic (exact) mass is 245 g/mol. The molecule has 0 bridgehead atoms. The summed E-state index contributed by atoms with van der Waals surface area (Å²) in [6, 6.07) is -1.04. The lowest BCUT2D eigenvalue weighted by molar-refractivity contribution is -0.149. The first-order valence-electron chi connectivity index (χ1n) is 5.34. The van der Waals surface area contributed by atoms with Gasteiger partial charge in [0.25, 0.3) is 0 Å². The van der Waals surface area contributed by atoms with E-state index >= 15 is 0 Å². The topological polar surface area (TPSA) is 115 Å². The van der Waals surface area contributed by atoms with Gasteiger partial charge in [0, 0.05) is 13.0 Å². The summed E-state index contributed by atoms with van der Waals surface area (Å²) in [5.41, 5.74) is 0. The second-order valence-corrected chi connectivity index (χ2v) is 4.04. The standard InChI is InChI=1S/C10H15NO6/c12-6-4-8(13)11(5-6)7(10(16)17)2-1-3-9(14)15/h6-7,12H,1-5H2,(H,14,15)(H,16,17)/t6?,7-/m1/s1. The van der Waals surface area contributed by atoms with Gasteiger partial charge in [-0.3, -0.25) is 9.59 Å². The van der Waals surface area contributed by atoms with Gasteiger partial charge in [0.05, 0.1) is 12.5 Å². The van der Waals surface area contributed by atoms with Gasteiger partial charge < -0.3 is 20.2 Å². The third-order valence-electron chi connectivity index (χ3n) is 2.67. The van der Waals surface area contributed by atoms with Crippen LogP contribution in [0.15, 0.2) is 0 Å². The van der Waals surface area contributed by atoms with E-state index < -0.39 is 30.0 Å². The normalized spacial score (nSPS) is 21.6. The highest BCUT2D eigenvalue weighted by molar-refractivity contribution is 5.85. The maximum atomic E-state index is 11.4. The zero-order valence-corrected chi connectivity index (χ0v) is 9.20. The lowest BCUT2D eigenvalue weighted by Gasteiger charge is -2.23. The Hall–Kier alpha value is -1.63. The molecule has 0 aromatic carbocycles. The van der Waals surface area contributed by atoms with Gasteiger partial charge >= 0.3 is 11.9 Å². The van der Waals surface area contributed by atoms with Crippen LogP contribution in [-0.2, 0) is 14.4 Å². The minimum atomic E-state index is -1.17. The van der Waals surface area contributed by atoms with Gasteiger partial charge in [-0.1, -0.05) is 0 Å². The van der Waals surface area contributed by atoms with Crippen molar-refractivity contribution >= 4 is 17.8 Å². The second kappa shape index (κ2) is 5.62. The molecule has 1 amide bonds. The predicted molar refractivity (Wildman–Crippen MR) is 55.2 cm³/mol. The van der Waals surface area contributed by atoms with Crippen molar-refractivity contribution in [1.82, 2.24) is 4.90 Å². The van der Waals surface area contributed by atoms with E-state index in [2.05, 4.69) is 0 Å². The Morgan fingerprint density at radius 1 is 1.41 bits per heavy atom. The SMILES string of the molecule is O=C(O)CCC[C@H](C(=O)O)N1CC(O)CC1=O. The van der Waals surface area contributed by atoms with E-state index in [1.807, 2.05) is 0 Å². The van der Waals surface area contributed by atoms with Crippen molar-refractivity contribution in [2.45, 2.75) is 37.8 Å². The fourth-order valence-electron chi connectivity index (χ4n) is 1.87. The van der Waals surface area contributed by atoms with Crippen LogP contribution < -0.4 is 0 Å². The highest BCUT2D eigenvalue weighted by Crippen LogP contribution is 2.18. The van der Waals surface area contributed by atoms with Gasteiger partial charge in [-0.15, -0.1) is 0 Å². The van der Waals surface area contributed by atoms with Crippen molar-refractivity contribution in [2.24, 2.45) is 0 Å². The minimum Gasteiger partial charge on any atom is -0.481 e. The molecular weight excluding hydrogens is 230 g/mol. The molecular formula is C10H15NO6.